The highest BCUT2D eigenvalue weighted by Gasteiger charge is 2.09. The highest BCUT2D eigenvalue weighted by molar-refractivity contribution is 6.37. The standard InChI is InChI=1S/C19H18Cl2N2O2/c1-12(14-5-3-6-15(11-14)23-13(2)24)22-19(25)10-9-16-17(20)7-4-8-18(16)21/h3-12H,1-2H3,(H,22,25)(H,23,24)/b10-9+. The van der Waals surface area contributed by atoms with Crippen LogP contribution in [0.15, 0.2) is 48.5 Å². The summed E-state index contributed by atoms with van der Waals surface area (Å²) < 4.78 is 0. The van der Waals surface area contributed by atoms with Crippen molar-refractivity contribution in [3.63, 3.8) is 0 Å². The Balaban J connectivity index is 2.05. The minimum Gasteiger partial charge on any atom is -0.346 e. The van der Waals surface area contributed by atoms with Crippen LogP contribution in [0.2, 0.25) is 10.0 Å². The molecule has 0 aliphatic carbocycles. The molecule has 0 fully saturated rings. The van der Waals surface area contributed by atoms with Gasteiger partial charge in [0.2, 0.25) is 11.8 Å². The molecule has 0 aliphatic heterocycles. The van der Waals surface area contributed by atoms with Gasteiger partial charge in [-0.05, 0) is 42.8 Å². The zero-order chi connectivity index (χ0) is 18.4. The smallest absolute Gasteiger partial charge is 0.244 e. The van der Waals surface area contributed by atoms with Crippen molar-refractivity contribution in [1.29, 1.82) is 0 Å². The first-order valence-electron chi connectivity index (χ1n) is 7.67. The third kappa shape index (κ3) is 5.62. The zero-order valence-corrected chi connectivity index (χ0v) is 15.4. The number of hydrogen-bond acceptors (Lipinski definition) is 2. The van der Waals surface area contributed by atoms with Gasteiger partial charge in [-0.25, -0.2) is 0 Å². The van der Waals surface area contributed by atoms with Gasteiger partial charge in [0.1, 0.15) is 0 Å². The van der Waals surface area contributed by atoms with Crippen LogP contribution in [0.3, 0.4) is 0 Å². The maximum atomic E-state index is 12.1. The third-order valence-corrected chi connectivity index (χ3v) is 4.13. The summed E-state index contributed by atoms with van der Waals surface area (Å²) in [7, 11) is 0. The quantitative estimate of drug-likeness (QED) is 0.733. The van der Waals surface area contributed by atoms with Gasteiger partial charge in [0.05, 0.1) is 6.04 Å². The lowest BCUT2D eigenvalue weighted by Gasteiger charge is -2.14. The molecule has 4 nitrogen and oxygen atoms in total. The van der Waals surface area contributed by atoms with Gasteiger partial charge in [-0.1, -0.05) is 41.4 Å². The summed E-state index contributed by atoms with van der Waals surface area (Å²) in [5.41, 5.74) is 2.16. The fourth-order valence-corrected chi connectivity index (χ4v) is 2.79. The summed E-state index contributed by atoms with van der Waals surface area (Å²) >= 11 is 12.1. The number of carbonyl (C=O) groups is 2. The Kier molecular flexibility index (Phi) is 6.62. The lowest BCUT2D eigenvalue weighted by molar-refractivity contribution is -0.117. The summed E-state index contributed by atoms with van der Waals surface area (Å²) in [5.74, 6) is -0.415. The zero-order valence-electron chi connectivity index (χ0n) is 13.8. The molecule has 2 rings (SSSR count). The van der Waals surface area contributed by atoms with Crippen LogP contribution in [0.25, 0.3) is 6.08 Å². The van der Waals surface area contributed by atoms with Gasteiger partial charge in [-0.15, -0.1) is 0 Å². The van der Waals surface area contributed by atoms with E-state index in [4.69, 9.17) is 23.2 Å². The highest BCUT2D eigenvalue weighted by atomic mass is 35.5. The van der Waals surface area contributed by atoms with E-state index in [2.05, 4.69) is 10.6 Å². The van der Waals surface area contributed by atoms with Gasteiger partial charge >= 0.3 is 0 Å². The molecule has 0 heterocycles. The van der Waals surface area contributed by atoms with E-state index < -0.39 is 0 Å². The van der Waals surface area contributed by atoms with Gasteiger partial charge in [0.15, 0.2) is 0 Å². The number of hydrogen-bond donors (Lipinski definition) is 2. The average Bonchev–Trinajstić information content (AvgIpc) is 2.54. The minimum absolute atomic E-state index is 0.145. The molecule has 0 saturated carbocycles. The molecule has 1 unspecified atom stereocenters. The molecule has 0 saturated heterocycles. The molecule has 2 aromatic rings. The second-order valence-corrected chi connectivity index (χ2v) is 6.32. The van der Waals surface area contributed by atoms with Crippen molar-refractivity contribution < 1.29 is 9.59 Å². The van der Waals surface area contributed by atoms with Gasteiger partial charge in [-0.2, -0.15) is 0 Å². The summed E-state index contributed by atoms with van der Waals surface area (Å²) in [6, 6.07) is 12.2. The van der Waals surface area contributed by atoms with Crippen molar-refractivity contribution >= 4 is 46.8 Å². The molecule has 1 atom stereocenters. The fraction of sp³-hybridized carbons (Fsp3) is 0.158. The Morgan fingerprint density at radius 3 is 2.36 bits per heavy atom. The lowest BCUT2D eigenvalue weighted by atomic mass is 10.1. The summed E-state index contributed by atoms with van der Waals surface area (Å²) in [4.78, 5) is 23.3. The van der Waals surface area contributed by atoms with Crippen LogP contribution in [-0.4, -0.2) is 11.8 Å². The first-order valence-corrected chi connectivity index (χ1v) is 8.42. The molecule has 25 heavy (non-hydrogen) atoms. The number of rotatable bonds is 5. The van der Waals surface area contributed by atoms with Crippen LogP contribution >= 0.6 is 23.2 Å². The van der Waals surface area contributed by atoms with E-state index in [1.807, 2.05) is 25.1 Å². The first kappa shape index (κ1) is 19.0. The fourth-order valence-electron chi connectivity index (χ4n) is 2.26. The van der Waals surface area contributed by atoms with Crippen LogP contribution in [0.5, 0.6) is 0 Å². The molecule has 2 N–H and O–H groups in total. The predicted octanol–water partition coefficient (Wildman–Crippen LogP) is 4.84. The summed E-state index contributed by atoms with van der Waals surface area (Å²) in [6.45, 7) is 3.31. The average molecular weight is 377 g/mol. The molecule has 130 valence electrons. The molecule has 0 spiro atoms. The van der Waals surface area contributed by atoms with Crippen molar-refractivity contribution in [2.75, 3.05) is 5.32 Å². The van der Waals surface area contributed by atoms with Crippen LogP contribution in [-0.2, 0) is 9.59 Å². The first-order chi connectivity index (χ1) is 11.9. The Bertz CT molecular complexity index is 799. The SMILES string of the molecule is CC(=O)Nc1cccc(C(C)NC(=O)/C=C/c2c(Cl)cccc2Cl)c1. The molecule has 2 aromatic carbocycles. The molecule has 0 aliphatic rings. The van der Waals surface area contributed by atoms with E-state index in [0.717, 1.165) is 5.56 Å². The molecule has 0 aromatic heterocycles. The number of anilines is 1. The van der Waals surface area contributed by atoms with Crippen LogP contribution in [0.1, 0.15) is 31.0 Å². The molecule has 0 radical (unpaired) electrons. The van der Waals surface area contributed by atoms with E-state index in [9.17, 15) is 9.59 Å². The van der Waals surface area contributed by atoms with Crippen molar-refractivity contribution in [3.8, 4) is 0 Å². The van der Waals surface area contributed by atoms with Gasteiger partial charge in [0.25, 0.3) is 0 Å². The maximum absolute atomic E-state index is 12.1. The van der Waals surface area contributed by atoms with Crippen LogP contribution in [0.4, 0.5) is 5.69 Å². The Morgan fingerprint density at radius 1 is 1.08 bits per heavy atom. The number of nitrogens with one attached hydrogen (secondary N) is 2. The topological polar surface area (TPSA) is 58.2 Å². The number of benzene rings is 2. The predicted molar refractivity (Wildman–Crippen MR) is 103 cm³/mol. The monoisotopic (exact) mass is 376 g/mol. The second kappa shape index (κ2) is 8.70. The van der Waals surface area contributed by atoms with Crippen molar-refractivity contribution in [2.45, 2.75) is 19.9 Å². The van der Waals surface area contributed by atoms with Gasteiger partial charge < -0.3 is 10.6 Å². The molecular weight excluding hydrogens is 359 g/mol. The normalized spacial score (nSPS) is 12.0. The highest BCUT2D eigenvalue weighted by Crippen LogP contribution is 2.25. The largest absolute Gasteiger partial charge is 0.346 e. The number of halogens is 2. The van der Waals surface area contributed by atoms with E-state index in [0.29, 0.717) is 21.3 Å². The summed E-state index contributed by atoms with van der Waals surface area (Å²) in [6.07, 6.45) is 2.97. The van der Waals surface area contributed by atoms with Gasteiger partial charge in [-0.3, -0.25) is 9.59 Å². The van der Waals surface area contributed by atoms with E-state index in [-0.39, 0.29) is 17.9 Å². The van der Waals surface area contributed by atoms with Gasteiger partial charge in [0, 0.05) is 34.3 Å². The second-order valence-electron chi connectivity index (χ2n) is 5.51. The number of amides is 2. The van der Waals surface area contributed by atoms with E-state index >= 15 is 0 Å². The van der Waals surface area contributed by atoms with Crippen molar-refractivity contribution in [2.24, 2.45) is 0 Å². The summed E-state index contributed by atoms with van der Waals surface area (Å²) in [5, 5.41) is 6.54. The Morgan fingerprint density at radius 2 is 1.72 bits per heavy atom. The molecule has 2 amide bonds. The van der Waals surface area contributed by atoms with Crippen LogP contribution < -0.4 is 10.6 Å². The Hall–Kier alpha value is -2.30. The third-order valence-electron chi connectivity index (χ3n) is 3.47. The minimum atomic E-state index is -0.270. The number of carbonyl (C=O) groups excluding carboxylic acids is 2. The maximum Gasteiger partial charge on any atom is 0.244 e. The molecule has 6 heteroatoms. The van der Waals surface area contributed by atoms with Crippen molar-refractivity contribution in [3.05, 3.63) is 69.7 Å². The molecule has 0 bridgehead atoms. The molecular formula is C19H18Cl2N2O2. The van der Waals surface area contributed by atoms with E-state index in [1.165, 1.54) is 13.0 Å². The Labute approximate surface area is 156 Å². The van der Waals surface area contributed by atoms with E-state index in [1.54, 1.807) is 30.3 Å². The van der Waals surface area contributed by atoms with Crippen LogP contribution in [0, 0.1) is 0 Å². The van der Waals surface area contributed by atoms with Crippen molar-refractivity contribution in [1.82, 2.24) is 5.32 Å². The lowest BCUT2D eigenvalue weighted by Crippen LogP contribution is -2.24.